The van der Waals surface area contributed by atoms with Crippen LogP contribution in [0.1, 0.15) is 12.0 Å². The van der Waals surface area contributed by atoms with E-state index in [2.05, 4.69) is 43.6 Å². The molecule has 3 rings (SSSR count). The number of halogens is 1. The van der Waals surface area contributed by atoms with Crippen LogP contribution in [0.2, 0.25) is 0 Å². The largest absolute Gasteiger partial charge is 0.411 e. The Kier molecular flexibility index (Phi) is 6.85. The fraction of sp³-hybridized carbons (Fsp3) is 0.211. The Bertz CT molecular complexity index is 855. The molecule has 0 atom stereocenters. The zero-order chi connectivity index (χ0) is 18.2. The van der Waals surface area contributed by atoms with Crippen LogP contribution in [0.25, 0.3) is 11.5 Å². The standard InChI is InChI=1S/C19H18BrN3O2S/c20-16-11-5-4-10-15(16)18-22-23-19(25-18)26-13-17(24)21-12-6-9-14-7-2-1-3-8-14/h1-5,7-8,10-11H,6,9,12-13H2,(H,21,24). The summed E-state index contributed by atoms with van der Waals surface area (Å²) in [6.07, 6.45) is 1.86. The second-order valence-corrected chi connectivity index (χ2v) is 7.36. The van der Waals surface area contributed by atoms with Crippen molar-refractivity contribution in [2.24, 2.45) is 0 Å². The molecule has 0 aliphatic rings. The molecule has 26 heavy (non-hydrogen) atoms. The van der Waals surface area contributed by atoms with Crippen molar-refractivity contribution in [1.29, 1.82) is 0 Å². The van der Waals surface area contributed by atoms with E-state index in [1.165, 1.54) is 17.3 Å². The molecule has 0 spiro atoms. The molecule has 7 heteroatoms. The molecule has 1 heterocycles. The van der Waals surface area contributed by atoms with Gasteiger partial charge in [0.25, 0.3) is 5.22 Å². The first kappa shape index (κ1) is 18.7. The zero-order valence-electron chi connectivity index (χ0n) is 14.0. The lowest BCUT2D eigenvalue weighted by Gasteiger charge is -2.04. The van der Waals surface area contributed by atoms with Gasteiger partial charge in [-0.25, -0.2) is 0 Å². The highest BCUT2D eigenvalue weighted by Crippen LogP contribution is 2.28. The summed E-state index contributed by atoms with van der Waals surface area (Å²) in [4.78, 5) is 11.9. The van der Waals surface area contributed by atoms with Crippen LogP contribution in [0.3, 0.4) is 0 Å². The van der Waals surface area contributed by atoms with E-state index in [4.69, 9.17) is 4.42 Å². The maximum atomic E-state index is 11.9. The molecule has 1 N–H and O–H groups in total. The van der Waals surface area contributed by atoms with Crippen LogP contribution >= 0.6 is 27.7 Å². The molecule has 0 unspecified atom stereocenters. The van der Waals surface area contributed by atoms with Crippen LogP contribution in [0.15, 0.2) is 68.7 Å². The van der Waals surface area contributed by atoms with Crippen LogP contribution in [-0.2, 0) is 11.2 Å². The van der Waals surface area contributed by atoms with Crippen LogP contribution in [0.4, 0.5) is 0 Å². The number of nitrogens with zero attached hydrogens (tertiary/aromatic N) is 2. The Morgan fingerprint density at radius 3 is 2.65 bits per heavy atom. The highest BCUT2D eigenvalue weighted by Gasteiger charge is 2.12. The lowest BCUT2D eigenvalue weighted by atomic mass is 10.1. The van der Waals surface area contributed by atoms with Gasteiger partial charge in [-0.2, -0.15) is 0 Å². The molecule has 1 amide bonds. The van der Waals surface area contributed by atoms with E-state index in [1.54, 1.807) is 0 Å². The van der Waals surface area contributed by atoms with E-state index < -0.39 is 0 Å². The summed E-state index contributed by atoms with van der Waals surface area (Å²) in [6.45, 7) is 0.653. The first-order valence-electron chi connectivity index (χ1n) is 8.24. The molecule has 0 saturated carbocycles. The number of benzene rings is 2. The minimum atomic E-state index is -0.0382. The summed E-state index contributed by atoms with van der Waals surface area (Å²) < 4.78 is 6.50. The average Bonchev–Trinajstić information content (AvgIpc) is 3.13. The Labute approximate surface area is 164 Å². The summed E-state index contributed by atoms with van der Waals surface area (Å²) in [5, 5.41) is 11.3. The highest BCUT2D eigenvalue weighted by molar-refractivity contribution is 9.10. The number of thioether (sulfide) groups is 1. The van der Waals surface area contributed by atoms with Gasteiger partial charge in [-0.3, -0.25) is 4.79 Å². The second-order valence-electron chi connectivity index (χ2n) is 5.58. The van der Waals surface area contributed by atoms with E-state index in [0.29, 0.717) is 17.7 Å². The molecule has 2 aromatic carbocycles. The van der Waals surface area contributed by atoms with Gasteiger partial charge in [0.05, 0.1) is 11.3 Å². The predicted octanol–water partition coefficient (Wildman–Crippen LogP) is 4.34. The van der Waals surface area contributed by atoms with Gasteiger partial charge >= 0.3 is 0 Å². The Hall–Kier alpha value is -2.12. The summed E-state index contributed by atoms with van der Waals surface area (Å²) in [6, 6.07) is 17.9. The van der Waals surface area contributed by atoms with Crippen molar-refractivity contribution in [3.05, 3.63) is 64.6 Å². The van der Waals surface area contributed by atoms with Crippen molar-refractivity contribution in [2.45, 2.75) is 18.1 Å². The Morgan fingerprint density at radius 2 is 1.85 bits per heavy atom. The summed E-state index contributed by atoms with van der Waals surface area (Å²) in [5.41, 5.74) is 2.11. The van der Waals surface area contributed by atoms with Gasteiger partial charge in [-0.15, -0.1) is 10.2 Å². The van der Waals surface area contributed by atoms with Crippen LogP contribution < -0.4 is 5.32 Å². The monoisotopic (exact) mass is 431 g/mol. The number of hydrogen-bond donors (Lipinski definition) is 1. The van der Waals surface area contributed by atoms with Gasteiger partial charge in [0.15, 0.2) is 0 Å². The SMILES string of the molecule is O=C(CSc1nnc(-c2ccccc2Br)o1)NCCCc1ccccc1. The Balaban J connectivity index is 1.40. The molecule has 3 aromatic rings. The maximum absolute atomic E-state index is 11.9. The summed E-state index contributed by atoms with van der Waals surface area (Å²) >= 11 is 4.69. The van der Waals surface area contributed by atoms with Crippen molar-refractivity contribution in [3.8, 4) is 11.5 Å². The third-order valence-electron chi connectivity index (χ3n) is 3.64. The third-order valence-corrected chi connectivity index (χ3v) is 5.15. The minimum absolute atomic E-state index is 0.0382. The molecular formula is C19H18BrN3O2S. The topological polar surface area (TPSA) is 68.0 Å². The Morgan fingerprint density at radius 1 is 1.08 bits per heavy atom. The van der Waals surface area contributed by atoms with Crippen molar-refractivity contribution in [1.82, 2.24) is 15.5 Å². The number of carbonyl (C=O) groups excluding carboxylic acids is 1. The number of hydrogen-bond acceptors (Lipinski definition) is 5. The van der Waals surface area contributed by atoms with Gasteiger partial charge in [0, 0.05) is 11.0 Å². The van der Waals surface area contributed by atoms with Gasteiger partial charge < -0.3 is 9.73 Å². The normalized spacial score (nSPS) is 10.7. The van der Waals surface area contributed by atoms with E-state index >= 15 is 0 Å². The number of amides is 1. The fourth-order valence-electron chi connectivity index (χ4n) is 2.35. The molecule has 5 nitrogen and oxygen atoms in total. The highest BCUT2D eigenvalue weighted by atomic mass is 79.9. The fourth-order valence-corrected chi connectivity index (χ4v) is 3.40. The van der Waals surface area contributed by atoms with Gasteiger partial charge in [0.2, 0.25) is 11.8 Å². The van der Waals surface area contributed by atoms with Crippen molar-refractivity contribution < 1.29 is 9.21 Å². The molecule has 1 aromatic heterocycles. The molecular weight excluding hydrogens is 414 g/mol. The average molecular weight is 432 g/mol. The third kappa shape index (κ3) is 5.44. The molecule has 0 fully saturated rings. The first-order valence-corrected chi connectivity index (χ1v) is 10.0. The predicted molar refractivity (Wildman–Crippen MR) is 106 cm³/mol. The number of rotatable bonds is 8. The van der Waals surface area contributed by atoms with Crippen molar-refractivity contribution >= 4 is 33.6 Å². The second kappa shape index (κ2) is 9.54. The lowest BCUT2D eigenvalue weighted by Crippen LogP contribution is -2.26. The number of carbonyl (C=O) groups is 1. The van der Waals surface area contributed by atoms with Crippen LogP contribution in [0, 0.1) is 0 Å². The molecule has 134 valence electrons. The van der Waals surface area contributed by atoms with E-state index in [1.807, 2.05) is 42.5 Å². The summed E-state index contributed by atoms with van der Waals surface area (Å²) in [7, 11) is 0. The molecule has 0 radical (unpaired) electrons. The van der Waals surface area contributed by atoms with E-state index in [-0.39, 0.29) is 11.7 Å². The number of aryl methyl sites for hydroxylation is 1. The van der Waals surface area contributed by atoms with Gasteiger partial charge in [0.1, 0.15) is 0 Å². The maximum Gasteiger partial charge on any atom is 0.277 e. The van der Waals surface area contributed by atoms with Crippen molar-refractivity contribution in [3.63, 3.8) is 0 Å². The van der Waals surface area contributed by atoms with Crippen LogP contribution in [-0.4, -0.2) is 28.4 Å². The lowest BCUT2D eigenvalue weighted by molar-refractivity contribution is -0.118. The summed E-state index contributed by atoms with van der Waals surface area (Å²) in [5.74, 6) is 0.648. The number of aromatic nitrogens is 2. The molecule has 0 aliphatic heterocycles. The first-order chi connectivity index (χ1) is 12.7. The van der Waals surface area contributed by atoms with Gasteiger partial charge in [-0.1, -0.05) is 54.2 Å². The minimum Gasteiger partial charge on any atom is -0.411 e. The molecule has 0 bridgehead atoms. The van der Waals surface area contributed by atoms with Gasteiger partial charge in [-0.05, 0) is 46.5 Å². The smallest absolute Gasteiger partial charge is 0.277 e. The van der Waals surface area contributed by atoms with Crippen LogP contribution in [0.5, 0.6) is 0 Å². The quantitative estimate of drug-likeness (QED) is 0.424. The van der Waals surface area contributed by atoms with Crippen molar-refractivity contribution in [2.75, 3.05) is 12.3 Å². The molecule has 0 saturated heterocycles. The van der Waals surface area contributed by atoms with E-state index in [9.17, 15) is 4.79 Å². The zero-order valence-corrected chi connectivity index (χ0v) is 16.4. The number of nitrogens with one attached hydrogen (secondary N) is 1. The van der Waals surface area contributed by atoms with E-state index in [0.717, 1.165) is 22.9 Å². The molecule has 0 aliphatic carbocycles.